The van der Waals surface area contributed by atoms with Crippen LogP contribution in [0.25, 0.3) is 0 Å². The van der Waals surface area contributed by atoms with Gasteiger partial charge in [-0.05, 0) is 32.1 Å². The lowest BCUT2D eigenvalue weighted by Gasteiger charge is -2.16. The number of carbonyl (C=O) groups is 1. The second kappa shape index (κ2) is 14.3. The summed E-state index contributed by atoms with van der Waals surface area (Å²) >= 11 is 0. The minimum atomic E-state index is -0.837. The van der Waals surface area contributed by atoms with E-state index < -0.39 is 30.4 Å². The van der Waals surface area contributed by atoms with E-state index in [2.05, 4.69) is 0 Å². The molecule has 0 radical (unpaired) electrons. The highest BCUT2D eigenvalue weighted by molar-refractivity contribution is 5.66. The standard InChI is InChI=1S/C22H34O6/c1-2-17(23)14-15-18(24)21-16-19(25)20(28-21)12-10-8-6-4-3-5-7-9-11-13-22(26)27/h3-4,7-10,14-15,17-21,23-25H,2,5-6,11-13,16H2,1H3,(H,26,27)/b4-3-,9-7-,10-8-,15-14+/t17-,18-,19-,20-,21-/m1/s1. The summed E-state index contributed by atoms with van der Waals surface area (Å²) in [5.41, 5.74) is 0. The Morgan fingerprint density at radius 2 is 1.71 bits per heavy atom. The van der Waals surface area contributed by atoms with E-state index in [9.17, 15) is 20.1 Å². The molecule has 0 saturated carbocycles. The van der Waals surface area contributed by atoms with E-state index in [0.29, 0.717) is 25.7 Å². The van der Waals surface area contributed by atoms with Crippen molar-refractivity contribution in [3.63, 3.8) is 0 Å². The molecule has 158 valence electrons. The third-order valence-corrected chi connectivity index (χ3v) is 4.52. The summed E-state index contributed by atoms with van der Waals surface area (Å²) in [4.78, 5) is 10.4. The molecule has 28 heavy (non-hydrogen) atoms. The third-order valence-electron chi connectivity index (χ3n) is 4.52. The number of aliphatic hydroxyl groups is 3. The molecule has 5 atom stereocenters. The highest BCUT2D eigenvalue weighted by Crippen LogP contribution is 2.26. The van der Waals surface area contributed by atoms with Crippen LogP contribution in [0.1, 0.15) is 51.9 Å². The third kappa shape index (κ3) is 10.6. The summed E-state index contributed by atoms with van der Waals surface area (Å²) < 4.78 is 5.75. The first-order valence-electron chi connectivity index (χ1n) is 9.98. The van der Waals surface area contributed by atoms with Crippen molar-refractivity contribution in [3.8, 4) is 0 Å². The maximum Gasteiger partial charge on any atom is 0.303 e. The topological polar surface area (TPSA) is 107 Å². The molecule has 6 heteroatoms. The summed E-state index contributed by atoms with van der Waals surface area (Å²) in [6, 6.07) is 0. The van der Waals surface area contributed by atoms with Crippen LogP contribution in [-0.2, 0) is 9.53 Å². The van der Waals surface area contributed by atoms with Crippen molar-refractivity contribution >= 4 is 5.97 Å². The molecule has 0 aliphatic carbocycles. The predicted molar refractivity (Wildman–Crippen MR) is 109 cm³/mol. The van der Waals surface area contributed by atoms with Gasteiger partial charge < -0.3 is 25.2 Å². The first-order chi connectivity index (χ1) is 13.4. The lowest BCUT2D eigenvalue weighted by molar-refractivity contribution is -0.136. The molecule has 0 aromatic heterocycles. The van der Waals surface area contributed by atoms with Crippen LogP contribution in [0.3, 0.4) is 0 Å². The van der Waals surface area contributed by atoms with E-state index in [1.54, 1.807) is 6.08 Å². The van der Waals surface area contributed by atoms with Crippen LogP contribution < -0.4 is 0 Å². The minimum Gasteiger partial charge on any atom is -0.481 e. The fraction of sp³-hybridized carbons (Fsp3) is 0.591. The Morgan fingerprint density at radius 1 is 1.07 bits per heavy atom. The van der Waals surface area contributed by atoms with Gasteiger partial charge in [0.2, 0.25) is 0 Å². The Labute approximate surface area is 167 Å². The quantitative estimate of drug-likeness (QED) is 0.358. The number of aliphatic carboxylic acids is 1. The summed E-state index contributed by atoms with van der Waals surface area (Å²) in [5.74, 6) is -0.783. The summed E-state index contributed by atoms with van der Waals surface area (Å²) in [6.45, 7) is 1.86. The zero-order valence-corrected chi connectivity index (χ0v) is 16.6. The van der Waals surface area contributed by atoms with Crippen molar-refractivity contribution in [2.75, 3.05) is 0 Å². The maximum absolute atomic E-state index is 10.4. The Bertz CT molecular complexity index is 551. The minimum absolute atomic E-state index is 0.160. The maximum atomic E-state index is 10.4. The molecule has 1 aliphatic heterocycles. The number of ether oxygens (including phenoxy) is 1. The van der Waals surface area contributed by atoms with E-state index >= 15 is 0 Å². The summed E-state index contributed by atoms with van der Waals surface area (Å²) in [7, 11) is 0. The number of carboxylic acids is 1. The molecule has 1 saturated heterocycles. The fourth-order valence-electron chi connectivity index (χ4n) is 2.79. The highest BCUT2D eigenvalue weighted by atomic mass is 16.5. The first-order valence-corrected chi connectivity index (χ1v) is 9.98. The van der Waals surface area contributed by atoms with E-state index in [1.807, 2.05) is 43.4 Å². The lowest BCUT2D eigenvalue weighted by Crippen LogP contribution is -2.24. The normalized spacial score (nSPS) is 25.5. The molecule has 1 fully saturated rings. The zero-order valence-electron chi connectivity index (χ0n) is 16.6. The number of hydrogen-bond donors (Lipinski definition) is 4. The zero-order chi connectivity index (χ0) is 20.8. The van der Waals surface area contributed by atoms with E-state index in [0.717, 1.165) is 12.8 Å². The van der Waals surface area contributed by atoms with Crippen molar-refractivity contribution in [2.45, 2.75) is 82.4 Å². The van der Waals surface area contributed by atoms with Gasteiger partial charge in [-0.2, -0.15) is 0 Å². The summed E-state index contributed by atoms with van der Waals surface area (Å²) in [6.07, 6.45) is 15.9. The van der Waals surface area contributed by atoms with Gasteiger partial charge in [0.15, 0.2) is 0 Å². The molecule has 0 amide bonds. The number of carboxylic acid groups (broad SMARTS) is 1. The average Bonchev–Trinajstić information content (AvgIpc) is 3.04. The second-order valence-electron chi connectivity index (χ2n) is 6.92. The van der Waals surface area contributed by atoms with Gasteiger partial charge in [0.25, 0.3) is 0 Å². The van der Waals surface area contributed by atoms with Crippen LogP contribution in [0.4, 0.5) is 0 Å². The number of aliphatic hydroxyl groups excluding tert-OH is 3. The Morgan fingerprint density at radius 3 is 2.36 bits per heavy atom. The van der Waals surface area contributed by atoms with Crippen molar-refractivity contribution < 1.29 is 30.0 Å². The Hall–Kier alpha value is -1.73. The predicted octanol–water partition coefficient (Wildman–Crippen LogP) is 2.90. The van der Waals surface area contributed by atoms with Gasteiger partial charge in [-0.15, -0.1) is 0 Å². The monoisotopic (exact) mass is 394 g/mol. The smallest absolute Gasteiger partial charge is 0.303 e. The van der Waals surface area contributed by atoms with Crippen molar-refractivity contribution in [1.29, 1.82) is 0 Å². The van der Waals surface area contributed by atoms with E-state index in [-0.39, 0.29) is 12.5 Å². The van der Waals surface area contributed by atoms with Crippen LogP contribution in [0.15, 0.2) is 48.6 Å². The van der Waals surface area contributed by atoms with Crippen LogP contribution >= 0.6 is 0 Å². The van der Waals surface area contributed by atoms with Crippen LogP contribution in [0.2, 0.25) is 0 Å². The second-order valence-corrected chi connectivity index (χ2v) is 6.92. The SMILES string of the molecule is CC[C@@H](O)/C=C/[C@@H](O)[C@H]1C[C@@H](O)[C@@H](C/C=C\C/C=C\C/C=C\CCC(=O)O)O1. The molecule has 0 bridgehead atoms. The van der Waals surface area contributed by atoms with Gasteiger partial charge in [0, 0.05) is 12.8 Å². The summed E-state index contributed by atoms with van der Waals surface area (Å²) in [5, 5.41) is 38.2. The van der Waals surface area contributed by atoms with Gasteiger partial charge in [-0.25, -0.2) is 0 Å². The van der Waals surface area contributed by atoms with Crippen molar-refractivity contribution in [2.24, 2.45) is 0 Å². The molecule has 1 heterocycles. The molecule has 0 unspecified atom stereocenters. The molecule has 4 N–H and O–H groups in total. The van der Waals surface area contributed by atoms with Crippen molar-refractivity contribution in [3.05, 3.63) is 48.6 Å². The van der Waals surface area contributed by atoms with Crippen LogP contribution in [-0.4, -0.2) is 56.9 Å². The molecule has 6 nitrogen and oxygen atoms in total. The molecule has 0 spiro atoms. The first kappa shape index (κ1) is 24.3. The van der Waals surface area contributed by atoms with Gasteiger partial charge in [0.1, 0.15) is 0 Å². The number of hydrogen-bond acceptors (Lipinski definition) is 5. The fourth-order valence-corrected chi connectivity index (χ4v) is 2.79. The van der Waals surface area contributed by atoms with Crippen molar-refractivity contribution in [1.82, 2.24) is 0 Å². The van der Waals surface area contributed by atoms with E-state index in [1.165, 1.54) is 6.08 Å². The molecule has 1 rings (SSSR count). The highest BCUT2D eigenvalue weighted by Gasteiger charge is 2.36. The average molecular weight is 395 g/mol. The van der Waals surface area contributed by atoms with Gasteiger partial charge in [-0.3, -0.25) is 4.79 Å². The Kier molecular flexibility index (Phi) is 12.4. The van der Waals surface area contributed by atoms with E-state index in [4.69, 9.17) is 9.84 Å². The molecular formula is C22H34O6. The van der Waals surface area contributed by atoms with Gasteiger partial charge >= 0.3 is 5.97 Å². The number of allylic oxidation sites excluding steroid dienone is 5. The van der Waals surface area contributed by atoms with Crippen LogP contribution in [0, 0.1) is 0 Å². The number of rotatable bonds is 13. The molecular weight excluding hydrogens is 360 g/mol. The lowest BCUT2D eigenvalue weighted by atomic mass is 10.0. The van der Waals surface area contributed by atoms with Gasteiger partial charge in [-0.1, -0.05) is 55.5 Å². The Balaban J connectivity index is 2.23. The molecule has 0 aromatic carbocycles. The molecule has 0 aromatic rings. The molecule has 1 aliphatic rings. The van der Waals surface area contributed by atoms with Crippen LogP contribution in [0.5, 0.6) is 0 Å². The van der Waals surface area contributed by atoms with Gasteiger partial charge in [0.05, 0.1) is 30.5 Å². The largest absolute Gasteiger partial charge is 0.481 e.